The van der Waals surface area contributed by atoms with Crippen LogP contribution in [-0.4, -0.2) is 64.4 Å². The molecular formula is C26H28N2O6. The molecule has 3 N–H and O–H groups in total. The summed E-state index contributed by atoms with van der Waals surface area (Å²) in [6.07, 6.45) is 0.901. The maximum absolute atomic E-state index is 13.2. The number of fused-ring (bicyclic) bond motifs is 3. The van der Waals surface area contributed by atoms with E-state index in [0.717, 1.165) is 41.5 Å². The van der Waals surface area contributed by atoms with Gasteiger partial charge in [0.1, 0.15) is 18.7 Å². The van der Waals surface area contributed by atoms with E-state index in [0.29, 0.717) is 0 Å². The van der Waals surface area contributed by atoms with Gasteiger partial charge in [0.25, 0.3) is 0 Å². The number of likely N-dealkylation sites (tertiary alicyclic amines) is 1. The number of carboxylic acid groups (broad SMARTS) is 1. The van der Waals surface area contributed by atoms with Crippen molar-refractivity contribution in [2.75, 3.05) is 13.2 Å². The Labute approximate surface area is 197 Å². The number of alkyl carbamates (subject to hydrolysis) is 1. The van der Waals surface area contributed by atoms with Crippen molar-refractivity contribution >= 4 is 18.0 Å². The number of hydrogen-bond donors (Lipinski definition) is 3. The van der Waals surface area contributed by atoms with Gasteiger partial charge in [-0.1, -0.05) is 55.0 Å². The van der Waals surface area contributed by atoms with Crippen LogP contribution in [0.4, 0.5) is 4.79 Å². The molecule has 2 aromatic carbocycles. The lowest BCUT2D eigenvalue weighted by atomic mass is 9.79. The number of amides is 2. The molecule has 0 radical (unpaired) electrons. The number of β-amino-alcohol motifs (C(OH)–C–C–N with tert-alkyl or cyclic N) is 1. The summed E-state index contributed by atoms with van der Waals surface area (Å²) in [6, 6.07) is 14.1. The summed E-state index contributed by atoms with van der Waals surface area (Å²) in [5.41, 5.74) is 4.45. The van der Waals surface area contributed by atoms with Crippen molar-refractivity contribution < 1.29 is 29.3 Å². The third-order valence-corrected chi connectivity index (χ3v) is 7.35. The molecule has 2 amide bonds. The topological polar surface area (TPSA) is 116 Å². The molecular weight excluding hydrogens is 436 g/mol. The molecule has 3 atom stereocenters. The Hall–Kier alpha value is -3.39. The lowest BCUT2D eigenvalue weighted by molar-refractivity contribution is -0.149. The fourth-order valence-corrected chi connectivity index (χ4v) is 5.39. The Balaban J connectivity index is 1.28. The van der Waals surface area contributed by atoms with E-state index in [1.165, 1.54) is 4.90 Å². The van der Waals surface area contributed by atoms with Crippen LogP contribution in [0.2, 0.25) is 0 Å². The summed E-state index contributed by atoms with van der Waals surface area (Å²) in [6.45, 7) is 0.0804. The zero-order valence-electron chi connectivity index (χ0n) is 18.7. The van der Waals surface area contributed by atoms with Crippen LogP contribution in [0.1, 0.15) is 42.7 Å². The summed E-state index contributed by atoms with van der Waals surface area (Å²) in [4.78, 5) is 38.8. The van der Waals surface area contributed by atoms with Gasteiger partial charge < -0.3 is 25.2 Å². The maximum Gasteiger partial charge on any atom is 0.407 e. The van der Waals surface area contributed by atoms with Crippen molar-refractivity contribution in [1.82, 2.24) is 10.2 Å². The number of carbonyl (C=O) groups is 3. The Kier molecular flexibility index (Phi) is 6.00. The number of carbonyl (C=O) groups excluding carboxylic acids is 2. The predicted molar refractivity (Wildman–Crippen MR) is 123 cm³/mol. The van der Waals surface area contributed by atoms with Crippen LogP contribution in [-0.2, 0) is 14.3 Å². The van der Waals surface area contributed by atoms with Crippen LogP contribution in [0.5, 0.6) is 0 Å². The van der Waals surface area contributed by atoms with Crippen LogP contribution in [0.25, 0.3) is 11.1 Å². The SMILES string of the molecule is O=C(NC(C(=O)N1CC(O)C[C@H]1C(=O)O)C1CCC1)OCC1c2ccccc2-c2ccccc21. The lowest BCUT2D eigenvalue weighted by Gasteiger charge is -2.36. The predicted octanol–water partition coefficient (Wildman–Crippen LogP) is 2.74. The van der Waals surface area contributed by atoms with E-state index in [1.54, 1.807) is 0 Å². The highest BCUT2D eigenvalue weighted by molar-refractivity contribution is 5.90. The van der Waals surface area contributed by atoms with Crippen LogP contribution in [0, 0.1) is 5.92 Å². The van der Waals surface area contributed by atoms with Crippen LogP contribution >= 0.6 is 0 Å². The first-order chi connectivity index (χ1) is 16.4. The quantitative estimate of drug-likeness (QED) is 0.605. The van der Waals surface area contributed by atoms with Gasteiger partial charge in [0, 0.05) is 18.9 Å². The number of aliphatic hydroxyl groups is 1. The summed E-state index contributed by atoms with van der Waals surface area (Å²) in [7, 11) is 0. The zero-order valence-corrected chi connectivity index (χ0v) is 18.7. The van der Waals surface area contributed by atoms with Gasteiger partial charge in [-0.25, -0.2) is 9.59 Å². The van der Waals surface area contributed by atoms with Gasteiger partial charge in [0.05, 0.1) is 6.10 Å². The summed E-state index contributed by atoms with van der Waals surface area (Å²) in [5, 5.41) is 22.1. The first kappa shape index (κ1) is 22.4. The third-order valence-electron chi connectivity index (χ3n) is 7.35. The van der Waals surface area contributed by atoms with Crippen molar-refractivity contribution in [3.8, 4) is 11.1 Å². The summed E-state index contributed by atoms with van der Waals surface area (Å²) >= 11 is 0. The molecule has 0 bridgehead atoms. The minimum absolute atomic E-state index is 0.0105. The third kappa shape index (κ3) is 4.03. The lowest BCUT2D eigenvalue weighted by Crippen LogP contribution is -2.56. The van der Waals surface area contributed by atoms with Crippen LogP contribution in [0.3, 0.4) is 0 Å². The van der Waals surface area contributed by atoms with E-state index in [1.807, 2.05) is 36.4 Å². The number of benzene rings is 2. The van der Waals surface area contributed by atoms with Crippen LogP contribution in [0.15, 0.2) is 48.5 Å². The number of ether oxygens (including phenoxy) is 1. The second-order valence-electron chi connectivity index (χ2n) is 9.37. The van der Waals surface area contributed by atoms with Crippen molar-refractivity contribution in [3.05, 3.63) is 59.7 Å². The normalized spacial score (nSPS) is 22.4. The molecule has 2 aromatic rings. The number of aliphatic hydroxyl groups excluding tert-OH is 1. The van der Waals surface area contributed by atoms with E-state index in [4.69, 9.17) is 4.74 Å². The van der Waals surface area contributed by atoms with Gasteiger partial charge >= 0.3 is 12.1 Å². The van der Waals surface area contributed by atoms with Gasteiger partial charge in [-0.3, -0.25) is 4.79 Å². The van der Waals surface area contributed by atoms with E-state index in [-0.39, 0.29) is 31.4 Å². The van der Waals surface area contributed by atoms with Crippen molar-refractivity contribution in [3.63, 3.8) is 0 Å². The van der Waals surface area contributed by atoms with Gasteiger partial charge in [0.15, 0.2) is 0 Å². The molecule has 8 heteroatoms. The minimum Gasteiger partial charge on any atom is -0.480 e. The van der Waals surface area contributed by atoms with Crippen molar-refractivity contribution in [2.45, 2.75) is 49.8 Å². The molecule has 1 saturated carbocycles. The molecule has 1 saturated heterocycles. The van der Waals surface area contributed by atoms with E-state index in [9.17, 15) is 24.6 Å². The van der Waals surface area contributed by atoms with Gasteiger partial charge in [-0.15, -0.1) is 0 Å². The van der Waals surface area contributed by atoms with Gasteiger partial charge in [-0.05, 0) is 41.0 Å². The van der Waals surface area contributed by atoms with Crippen LogP contribution < -0.4 is 5.32 Å². The molecule has 34 heavy (non-hydrogen) atoms. The fourth-order valence-electron chi connectivity index (χ4n) is 5.39. The molecule has 2 aliphatic carbocycles. The standard InChI is InChI=1S/C26H28N2O6/c29-16-12-22(25(31)32)28(13-16)24(30)23(15-6-5-7-15)27-26(33)34-14-21-19-10-3-1-8-17(19)18-9-2-4-11-20(18)21/h1-4,8-11,15-16,21-23,29H,5-7,12-14H2,(H,27,33)(H,31,32)/t16?,22-,23?/m0/s1. The first-order valence-electron chi connectivity index (χ1n) is 11.8. The highest BCUT2D eigenvalue weighted by Gasteiger charge is 2.44. The number of rotatable bonds is 6. The smallest absolute Gasteiger partial charge is 0.407 e. The average Bonchev–Trinajstić information content (AvgIpc) is 3.34. The fraction of sp³-hybridized carbons (Fsp3) is 0.423. The second kappa shape index (κ2) is 9.10. The molecule has 178 valence electrons. The monoisotopic (exact) mass is 464 g/mol. The second-order valence-corrected chi connectivity index (χ2v) is 9.37. The van der Waals surface area contributed by atoms with Crippen molar-refractivity contribution in [2.24, 2.45) is 5.92 Å². The summed E-state index contributed by atoms with van der Waals surface area (Å²) < 4.78 is 5.61. The molecule has 5 rings (SSSR count). The van der Waals surface area contributed by atoms with Crippen molar-refractivity contribution in [1.29, 1.82) is 0 Å². The highest BCUT2D eigenvalue weighted by atomic mass is 16.5. The molecule has 1 aliphatic heterocycles. The zero-order chi connectivity index (χ0) is 23.8. The molecule has 0 aromatic heterocycles. The Morgan fingerprint density at radius 2 is 1.65 bits per heavy atom. The molecule has 2 fully saturated rings. The number of aliphatic carboxylic acids is 1. The Bertz CT molecular complexity index is 1070. The molecule has 1 heterocycles. The Morgan fingerprint density at radius 1 is 1.03 bits per heavy atom. The number of hydrogen-bond acceptors (Lipinski definition) is 5. The highest BCUT2D eigenvalue weighted by Crippen LogP contribution is 2.44. The number of nitrogens with one attached hydrogen (secondary N) is 1. The number of carboxylic acids is 1. The summed E-state index contributed by atoms with van der Waals surface area (Å²) in [5.74, 6) is -1.79. The number of nitrogens with zero attached hydrogens (tertiary/aromatic N) is 1. The molecule has 0 spiro atoms. The largest absolute Gasteiger partial charge is 0.480 e. The average molecular weight is 465 g/mol. The van der Waals surface area contributed by atoms with Gasteiger partial charge in [0.2, 0.25) is 5.91 Å². The molecule has 8 nitrogen and oxygen atoms in total. The molecule has 2 unspecified atom stereocenters. The van der Waals surface area contributed by atoms with E-state index >= 15 is 0 Å². The first-order valence-corrected chi connectivity index (χ1v) is 11.8. The van der Waals surface area contributed by atoms with E-state index < -0.39 is 36.2 Å². The van der Waals surface area contributed by atoms with Gasteiger partial charge in [-0.2, -0.15) is 0 Å². The van der Waals surface area contributed by atoms with E-state index in [2.05, 4.69) is 17.4 Å². The molecule has 3 aliphatic rings. The maximum atomic E-state index is 13.2. The Morgan fingerprint density at radius 3 is 2.21 bits per heavy atom. The minimum atomic E-state index is -1.15.